The van der Waals surface area contributed by atoms with E-state index in [2.05, 4.69) is 15.4 Å². The molecule has 0 saturated carbocycles. The van der Waals surface area contributed by atoms with E-state index >= 15 is 0 Å². The minimum Gasteiger partial charge on any atom is -0.308 e. The van der Waals surface area contributed by atoms with Gasteiger partial charge in [0.1, 0.15) is 11.6 Å². The number of nitrogens with zero attached hydrogens (tertiary/aromatic N) is 2. The topological polar surface area (TPSA) is 63.8 Å². The van der Waals surface area contributed by atoms with Gasteiger partial charge in [-0.05, 0) is 18.2 Å². The van der Waals surface area contributed by atoms with Crippen LogP contribution < -0.4 is 11.3 Å². The van der Waals surface area contributed by atoms with Crippen molar-refractivity contribution in [3.8, 4) is 11.4 Å². The van der Waals surface area contributed by atoms with Crippen molar-refractivity contribution in [3.05, 3.63) is 40.8 Å². The van der Waals surface area contributed by atoms with Crippen molar-refractivity contribution in [3.63, 3.8) is 0 Å². The first-order valence-corrected chi connectivity index (χ1v) is 6.50. The van der Waals surface area contributed by atoms with Gasteiger partial charge in [-0.3, -0.25) is 0 Å². The lowest BCUT2D eigenvalue weighted by Gasteiger charge is -2.19. The molecular formula is C14H16ClFN4. The van der Waals surface area contributed by atoms with Gasteiger partial charge >= 0.3 is 0 Å². The van der Waals surface area contributed by atoms with Gasteiger partial charge in [0, 0.05) is 17.0 Å². The highest BCUT2D eigenvalue weighted by Gasteiger charge is 2.18. The molecule has 0 saturated heterocycles. The molecule has 0 amide bonds. The van der Waals surface area contributed by atoms with Gasteiger partial charge in [-0.25, -0.2) is 20.2 Å². The van der Waals surface area contributed by atoms with E-state index in [1.54, 1.807) is 12.1 Å². The first-order valence-electron chi connectivity index (χ1n) is 6.13. The molecule has 1 heterocycles. The Labute approximate surface area is 122 Å². The van der Waals surface area contributed by atoms with E-state index in [-0.39, 0.29) is 10.4 Å². The van der Waals surface area contributed by atoms with Gasteiger partial charge in [0.25, 0.3) is 0 Å². The minimum atomic E-state index is -0.504. The molecule has 4 nitrogen and oxygen atoms in total. The molecule has 2 rings (SSSR count). The second-order valence-electron chi connectivity index (χ2n) is 5.49. The molecule has 0 aliphatic heterocycles. The van der Waals surface area contributed by atoms with Crippen LogP contribution in [0.1, 0.15) is 26.5 Å². The summed E-state index contributed by atoms with van der Waals surface area (Å²) in [4.78, 5) is 8.73. The summed E-state index contributed by atoms with van der Waals surface area (Å²) in [5.41, 5.74) is 3.69. The van der Waals surface area contributed by atoms with Crippen LogP contribution in [-0.4, -0.2) is 9.97 Å². The van der Waals surface area contributed by atoms with E-state index in [1.807, 2.05) is 20.8 Å². The number of hydrogen-bond donors (Lipinski definition) is 2. The fourth-order valence-corrected chi connectivity index (χ4v) is 1.79. The Morgan fingerprint density at radius 3 is 2.45 bits per heavy atom. The Balaban J connectivity index is 2.58. The average Bonchev–Trinajstić information content (AvgIpc) is 2.40. The third-order valence-corrected chi connectivity index (χ3v) is 3.13. The molecule has 0 unspecified atom stereocenters. The molecule has 1 aromatic carbocycles. The summed E-state index contributed by atoms with van der Waals surface area (Å²) in [5.74, 6) is 5.81. The molecule has 3 N–H and O–H groups in total. The predicted molar refractivity (Wildman–Crippen MR) is 78.9 cm³/mol. The Hall–Kier alpha value is -1.72. The molecule has 2 aromatic rings. The molecule has 0 radical (unpaired) electrons. The van der Waals surface area contributed by atoms with Crippen molar-refractivity contribution in [2.24, 2.45) is 5.84 Å². The van der Waals surface area contributed by atoms with Crippen LogP contribution in [0, 0.1) is 5.82 Å². The summed E-state index contributed by atoms with van der Waals surface area (Å²) in [7, 11) is 0. The molecular weight excluding hydrogens is 279 g/mol. The Bertz CT molecular complexity index is 638. The molecule has 0 spiro atoms. The van der Waals surface area contributed by atoms with Crippen LogP contribution in [0.15, 0.2) is 24.3 Å². The molecule has 1 aromatic heterocycles. The van der Waals surface area contributed by atoms with Crippen molar-refractivity contribution in [1.82, 2.24) is 9.97 Å². The maximum absolute atomic E-state index is 13.6. The lowest BCUT2D eigenvalue weighted by atomic mass is 9.92. The lowest BCUT2D eigenvalue weighted by molar-refractivity contribution is 0.568. The number of halogens is 2. The zero-order valence-corrected chi connectivity index (χ0v) is 12.3. The van der Waals surface area contributed by atoms with Crippen LogP contribution in [0.5, 0.6) is 0 Å². The highest BCUT2D eigenvalue weighted by Crippen LogP contribution is 2.27. The summed E-state index contributed by atoms with van der Waals surface area (Å²) in [6.45, 7) is 6.09. The van der Waals surface area contributed by atoms with Gasteiger partial charge in [-0.2, -0.15) is 0 Å². The summed E-state index contributed by atoms with van der Waals surface area (Å²) < 4.78 is 13.6. The first-order chi connectivity index (χ1) is 9.31. The number of hydrogen-bond acceptors (Lipinski definition) is 4. The summed E-state index contributed by atoms with van der Waals surface area (Å²) in [5, 5.41) is 0.0675. The quantitative estimate of drug-likeness (QED) is 0.657. The fourth-order valence-electron chi connectivity index (χ4n) is 1.67. The monoisotopic (exact) mass is 294 g/mol. The number of rotatable bonds is 2. The summed E-state index contributed by atoms with van der Waals surface area (Å²) in [6.07, 6.45) is 0. The Kier molecular flexibility index (Phi) is 3.92. The third kappa shape index (κ3) is 3.05. The summed E-state index contributed by atoms with van der Waals surface area (Å²) in [6, 6.07) is 6.24. The summed E-state index contributed by atoms with van der Waals surface area (Å²) >= 11 is 5.68. The van der Waals surface area contributed by atoms with Crippen molar-refractivity contribution < 1.29 is 4.39 Å². The van der Waals surface area contributed by atoms with E-state index in [1.165, 1.54) is 12.1 Å². The normalized spacial score (nSPS) is 11.5. The number of aromatic nitrogens is 2. The van der Waals surface area contributed by atoms with Crippen LogP contribution >= 0.6 is 11.6 Å². The molecule has 20 heavy (non-hydrogen) atoms. The van der Waals surface area contributed by atoms with Crippen LogP contribution in [-0.2, 0) is 5.41 Å². The van der Waals surface area contributed by atoms with E-state index in [0.717, 1.165) is 5.69 Å². The van der Waals surface area contributed by atoms with E-state index < -0.39 is 5.82 Å². The number of anilines is 1. The predicted octanol–water partition coefficient (Wildman–Crippen LogP) is 3.52. The van der Waals surface area contributed by atoms with E-state index in [4.69, 9.17) is 17.4 Å². The van der Waals surface area contributed by atoms with E-state index in [9.17, 15) is 4.39 Å². The highest BCUT2D eigenvalue weighted by atomic mass is 35.5. The van der Waals surface area contributed by atoms with Crippen molar-refractivity contribution in [2.75, 3.05) is 5.43 Å². The number of nitrogen functional groups attached to an aromatic ring is 1. The minimum absolute atomic E-state index is 0.0675. The highest BCUT2D eigenvalue weighted by molar-refractivity contribution is 6.30. The van der Waals surface area contributed by atoms with Gasteiger partial charge < -0.3 is 5.43 Å². The Morgan fingerprint density at radius 2 is 1.90 bits per heavy atom. The molecule has 0 fully saturated rings. The molecule has 0 atom stereocenters. The van der Waals surface area contributed by atoms with Crippen molar-refractivity contribution in [1.29, 1.82) is 0 Å². The van der Waals surface area contributed by atoms with Crippen molar-refractivity contribution >= 4 is 17.4 Å². The van der Waals surface area contributed by atoms with Crippen LogP contribution in [0.3, 0.4) is 0 Å². The molecule has 106 valence electrons. The molecule has 0 aliphatic rings. The smallest absolute Gasteiger partial charge is 0.161 e. The second-order valence-corrected chi connectivity index (χ2v) is 5.89. The molecule has 0 bridgehead atoms. The van der Waals surface area contributed by atoms with E-state index in [0.29, 0.717) is 17.2 Å². The van der Waals surface area contributed by atoms with Gasteiger partial charge in [-0.1, -0.05) is 32.4 Å². The van der Waals surface area contributed by atoms with Gasteiger partial charge in [0.2, 0.25) is 0 Å². The van der Waals surface area contributed by atoms with Gasteiger partial charge in [0.05, 0.1) is 10.7 Å². The fraction of sp³-hybridized carbons (Fsp3) is 0.286. The Morgan fingerprint density at radius 1 is 1.20 bits per heavy atom. The third-order valence-electron chi connectivity index (χ3n) is 2.82. The van der Waals surface area contributed by atoms with Crippen molar-refractivity contribution in [2.45, 2.75) is 26.2 Å². The zero-order valence-electron chi connectivity index (χ0n) is 11.5. The lowest BCUT2D eigenvalue weighted by Crippen LogP contribution is -2.17. The average molecular weight is 295 g/mol. The maximum Gasteiger partial charge on any atom is 0.161 e. The number of nitrogens with two attached hydrogens (primary N) is 1. The number of nitrogens with one attached hydrogen (secondary N) is 1. The largest absolute Gasteiger partial charge is 0.308 e. The molecule has 0 aliphatic carbocycles. The van der Waals surface area contributed by atoms with Gasteiger partial charge in [-0.15, -0.1) is 0 Å². The number of benzene rings is 1. The van der Waals surface area contributed by atoms with Crippen LogP contribution in [0.25, 0.3) is 11.4 Å². The zero-order chi connectivity index (χ0) is 14.9. The first kappa shape index (κ1) is 14.7. The van der Waals surface area contributed by atoms with Crippen LogP contribution in [0.4, 0.5) is 10.2 Å². The SMILES string of the molecule is CC(C)(C)c1cc(NN)nc(-c2ccc(Cl)c(F)c2)n1. The number of hydrazine groups is 1. The second kappa shape index (κ2) is 5.34. The standard InChI is InChI=1S/C14H16ClFN4/c1-14(2,3)11-7-12(20-17)19-13(18-11)8-4-5-9(15)10(16)6-8/h4-7H,17H2,1-3H3,(H,18,19,20). The molecule has 6 heteroatoms. The van der Waals surface area contributed by atoms with Crippen LogP contribution in [0.2, 0.25) is 5.02 Å². The van der Waals surface area contributed by atoms with Gasteiger partial charge in [0.15, 0.2) is 5.82 Å². The maximum atomic E-state index is 13.6.